The molecule has 0 fully saturated rings. The number of aliphatic hydroxyl groups is 1. The van der Waals surface area contributed by atoms with Crippen LogP contribution in [0.1, 0.15) is 31.0 Å². The maximum absolute atomic E-state index is 14.1. The second-order valence-corrected chi connectivity index (χ2v) is 6.57. The minimum Gasteiger partial charge on any atom is -0.373 e. The quantitative estimate of drug-likeness (QED) is 0.826. The summed E-state index contributed by atoms with van der Waals surface area (Å²) >= 11 is 0. The van der Waals surface area contributed by atoms with E-state index >= 15 is 0 Å². The molecule has 0 saturated heterocycles. The van der Waals surface area contributed by atoms with E-state index in [1.54, 1.807) is 19.1 Å². The van der Waals surface area contributed by atoms with Crippen LogP contribution in [0.4, 0.5) is 17.6 Å². The molecule has 0 bridgehead atoms. The Kier molecular flexibility index (Phi) is 4.30. The Morgan fingerprint density at radius 3 is 2.58 bits per heavy atom. The van der Waals surface area contributed by atoms with Gasteiger partial charge in [-0.2, -0.15) is 18.3 Å². The lowest BCUT2D eigenvalue weighted by atomic mass is 9.95. The maximum atomic E-state index is 14.1. The lowest BCUT2D eigenvalue weighted by molar-refractivity contribution is -0.250. The van der Waals surface area contributed by atoms with E-state index in [1.807, 2.05) is 0 Å². The summed E-state index contributed by atoms with van der Waals surface area (Å²) in [6, 6.07) is 6.02. The first kappa shape index (κ1) is 18.4. The van der Waals surface area contributed by atoms with Gasteiger partial charge in [0.1, 0.15) is 11.5 Å². The van der Waals surface area contributed by atoms with E-state index in [9.17, 15) is 27.5 Å². The van der Waals surface area contributed by atoms with Crippen molar-refractivity contribution in [3.05, 3.63) is 47.5 Å². The van der Waals surface area contributed by atoms with Gasteiger partial charge in [0, 0.05) is 24.6 Å². The summed E-state index contributed by atoms with van der Waals surface area (Å²) in [5.74, 6) is -2.29. The number of hydrogen-bond acceptors (Lipinski definition) is 3. The van der Waals surface area contributed by atoms with E-state index in [2.05, 4.69) is 5.10 Å². The maximum Gasteiger partial charge on any atom is 0.426 e. The fourth-order valence-electron chi connectivity index (χ4n) is 3.13. The van der Waals surface area contributed by atoms with Gasteiger partial charge in [-0.1, -0.05) is 19.1 Å². The number of nitrogens with zero attached hydrogens (tertiary/aromatic N) is 3. The Morgan fingerprint density at radius 1 is 1.31 bits per heavy atom. The van der Waals surface area contributed by atoms with Crippen molar-refractivity contribution in [2.75, 3.05) is 6.54 Å². The van der Waals surface area contributed by atoms with Crippen molar-refractivity contribution in [2.45, 2.75) is 38.1 Å². The number of carbonyl (C=O) groups is 1. The first-order valence-corrected chi connectivity index (χ1v) is 7.94. The number of hydrogen-bond donors (Lipinski definition) is 1. The number of para-hydroxylation sites is 1. The zero-order valence-corrected chi connectivity index (χ0v) is 14.1. The third kappa shape index (κ3) is 2.86. The second kappa shape index (κ2) is 6.08. The summed E-state index contributed by atoms with van der Waals surface area (Å²) in [6.45, 7) is 1.97. The van der Waals surface area contributed by atoms with E-state index in [1.165, 1.54) is 23.0 Å². The SMILES string of the molecule is C[C@@H]1CN(C(=O)C(C)(O)C(F)(F)F)Cc2cnn(-c3ccccc3F)c21. The van der Waals surface area contributed by atoms with Gasteiger partial charge in [0.2, 0.25) is 5.60 Å². The van der Waals surface area contributed by atoms with Crippen LogP contribution in [0.15, 0.2) is 30.5 Å². The highest BCUT2D eigenvalue weighted by molar-refractivity contribution is 5.85. The Bertz CT molecular complexity index is 845. The molecule has 1 unspecified atom stereocenters. The van der Waals surface area contributed by atoms with Gasteiger partial charge < -0.3 is 10.0 Å². The molecule has 1 aliphatic heterocycles. The van der Waals surface area contributed by atoms with Crippen molar-refractivity contribution in [1.82, 2.24) is 14.7 Å². The van der Waals surface area contributed by atoms with E-state index in [4.69, 9.17) is 0 Å². The molecule has 140 valence electrons. The number of alkyl halides is 3. The summed E-state index contributed by atoms with van der Waals surface area (Å²) < 4.78 is 54.3. The second-order valence-electron chi connectivity index (χ2n) is 6.57. The van der Waals surface area contributed by atoms with Gasteiger partial charge in [-0.3, -0.25) is 4.79 Å². The number of carbonyl (C=O) groups excluding carboxylic acids is 1. The van der Waals surface area contributed by atoms with E-state index in [0.29, 0.717) is 18.2 Å². The van der Waals surface area contributed by atoms with E-state index in [0.717, 1.165) is 4.90 Å². The summed E-state index contributed by atoms with van der Waals surface area (Å²) in [5.41, 5.74) is -2.10. The number of aromatic nitrogens is 2. The first-order chi connectivity index (χ1) is 12.0. The number of rotatable bonds is 2. The molecule has 1 aromatic heterocycles. The number of amides is 1. The highest BCUT2D eigenvalue weighted by Gasteiger charge is 2.57. The smallest absolute Gasteiger partial charge is 0.373 e. The zero-order chi connectivity index (χ0) is 19.3. The Balaban J connectivity index is 1.94. The van der Waals surface area contributed by atoms with Gasteiger partial charge in [0.05, 0.1) is 11.9 Å². The van der Waals surface area contributed by atoms with E-state index < -0.39 is 29.4 Å². The molecule has 1 aliphatic rings. The number of halogens is 4. The molecule has 1 amide bonds. The van der Waals surface area contributed by atoms with Crippen LogP contribution >= 0.6 is 0 Å². The number of benzene rings is 1. The molecule has 0 spiro atoms. The summed E-state index contributed by atoms with van der Waals surface area (Å²) in [5, 5.41) is 13.8. The van der Waals surface area contributed by atoms with Crippen molar-refractivity contribution < 1.29 is 27.5 Å². The Labute approximate surface area is 146 Å². The molecule has 26 heavy (non-hydrogen) atoms. The lowest BCUT2D eigenvalue weighted by Crippen LogP contribution is -2.57. The van der Waals surface area contributed by atoms with Crippen LogP contribution in [-0.4, -0.2) is 44.0 Å². The Hall–Kier alpha value is -2.42. The van der Waals surface area contributed by atoms with Crippen molar-refractivity contribution in [2.24, 2.45) is 0 Å². The van der Waals surface area contributed by atoms with Gasteiger partial charge in [-0.25, -0.2) is 9.07 Å². The standard InChI is InChI=1S/C17H17F4N3O2/c1-10-8-23(15(25)16(2,26)17(19,20)21)9-11-7-22-24(14(10)11)13-6-4-3-5-12(13)18/h3-7,10,26H,8-9H2,1-2H3/t10-,16?/m1/s1. The van der Waals surface area contributed by atoms with Crippen LogP contribution in [0.5, 0.6) is 0 Å². The van der Waals surface area contributed by atoms with Crippen LogP contribution in [0.3, 0.4) is 0 Å². The molecule has 2 atom stereocenters. The van der Waals surface area contributed by atoms with Crippen LogP contribution < -0.4 is 0 Å². The molecular formula is C17H17F4N3O2. The molecule has 0 saturated carbocycles. The van der Waals surface area contributed by atoms with Crippen LogP contribution in [0.25, 0.3) is 5.69 Å². The normalized spacial score (nSPS) is 19.8. The van der Waals surface area contributed by atoms with Gasteiger partial charge in [-0.15, -0.1) is 0 Å². The average Bonchev–Trinajstić information content (AvgIpc) is 2.97. The van der Waals surface area contributed by atoms with Crippen molar-refractivity contribution in [1.29, 1.82) is 0 Å². The van der Waals surface area contributed by atoms with Gasteiger partial charge in [0.25, 0.3) is 5.91 Å². The van der Waals surface area contributed by atoms with Gasteiger partial charge in [0.15, 0.2) is 0 Å². The fourth-order valence-corrected chi connectivity index (χ4v) is 3.13. The molecule has 0 aliphatic carbocycles. The lowest BCUT2D eigenvalue weighted by Gasteiger charge is -2.36. The third-order valence-corrected chi connectivity index (χ3v) is 4.54. The van der Waals surface area contributed by atoms with Crippen molar-refractivity contribution in [3.8, 4) is 5.69 Å². The predicted octanol–water partition coefficient (Wildman–Crippen LogP) is 2.77. The first-order valence-electron chi connectivity index (χ1n) is 7.94. The molecule has 2 heterocycles. The largest absolute Gasteiger partial charge is 0.426 e. The molecule has 1 N–H and O–H groups in total. The van der Waals surface area contributed by atoms with Gasteiger partial charge in [-0.05, 0) is 19.1 Å². The summed E-state index contributed by atoms with van der Waals surface area (Å²) in [7, 11) is 0. The van der Waals surface area contributed by atoms with E-state index in [-0.39, 0.29) is 18.8 Å². The fraction of sp³-hybridized carbons (Fsp3) is 0.412. The summed E-state index contributed by atoms with van der Waals surface area (Å²) in [4.78, 5) is 13.2. The topological polar surface area (TPSA) is 58.4 Å². The third-order valence-electron chi connectivity index (χ3n) is 4.54. The molecular weight excluding hydrogens is 354 g/mol. The van der Waals surface area contributed by atoms with Crippen LogP contribution in [-0.2, 0) is 11.3 Å². The highest BCUT2D eigenvalue weighted by Crippen LogP contribution is 2.36. The summed E-state index contributed by atoms with van der Waals surface area (Å²) in [6.07, 6.45) is -3.68. The molecule has 0 radical (unpaired) electrons. The highest BCUT2D eigenvalue weighted by atomic mass is 19.4. The van der Waals surface area contributed by atoms with Crippen LogP contribution in [0, 0.1) is 5.82 Å². The molecule has 5 nitrogen and oxygen atoms in total. The minimum absolute atomic E-state index is 0.0434. The average molecular weight is 371 g/mol. The molecule has 2 aromatic rings. The van der Waals surface area contributed by atoms with Gasteiger partial charge >= 0.3 is 6.18 Å². The molecule has 9 heteroatoms. The monoisotopic (exact) mass is 371 g/mol. The number of fused-ring (bicyclic) bond motifs is 1. The molecule has 3 rings (SSSR count). The molecule has 1 aromatic carbocycles. The van der Waals surface area contributed by atoms with Crippen molar-refractivity contribution in [3.63, 3.8) is 0 Å². The zero-order valence-electron chi connectivity index (χ0n) is 14.1. The van der Waals surface area contributed by atoms with Crippen molar-refractivity contribution >= 4 is 5.91 Å². The minimum atomic E-state index is -5.08. The van der Waals surface area contributed by atoms with Crippen LogP contribution in [0.2, 0.25) is 0 Å². The Morgan fingerprint density at radius 2 is 1.96 bits per heavy atom. The predicted molar refractivity (Wildman–Crippen MR) is 84.0 cm³/mol.